The van der Waals surface area contributed by atoms with Crippen LogP contribution in [0.25, 0.3) is 0 Å². The van der Waals surface area contributed by atoms with Gasteiger partial charge in [0.15, 0.2) is 0 Å². The Hall–Kier alpha value is -2.70. The highest BCUT2D eigenvalue weighted by Crippen LogP contribution is 2.15. The summed E-state index contributed by atoms with van der Waals surface area (Å²) >= 11 is 0. The molecule has 6 heteroatoms. The molecule has 0 unspecified atom stereocenters. The maximum absolute atomic E-state index is 10.9. The molecule has 0 aliphatic heterocycles. The summed E-state index contributed by atoms with van der Waals surface area (Å²) in [4.78, 5) is 21.2. The molecule has 0 aliphatic rings. The first-order valence-corrected chi connectivity index (χ1v) is 8.82. The second-order valence-electron chi connectivity index (χ2n) is 5.87. The molecule has 2 aromatic rings. The van der Waals surface area contributed by atoms with Crippen molar-refractivity contribution >= 4 is 11.8 Å². The van der Waals surface area contributed by atoms with Crippen LogP contribution < -0.4 is 4.74 Å². The third-order valence-corrected chi connectivity index (χ3v) is 3.77. The minimum absolute atomic E-state index is 0.0926. The number of rotatable bonds is 13. The molecule has 144 valence electrons. The molecule has 2 aromatic carbocycles. The number of carboxylic acids is 1. The summed E-state index contributed by atoms with van der Waals surface area (Å²) < 4.78 is 16.5. The van der Waals surface area contributed by atoms with Gasteiger partial charge in [0.05, 0.1) is 26.4 Å². The molecule has 6 nitrogen and oxygen atoms in total. The van der Waals surface area contributed by atoms with Crippen LogP contribution >= 0.6 is 0 Å². The van der Waals surface area contributed by atoms with Gasteiger partial charge in [0, 0.05) is 6.42 Å². The Morgan fingerprint density at radius 2 is 1.52 bits per heavy atom. The van der Waals surface area contributed by atoms with Gasteiger partial charge in [-0.1, -0.05) is 42.5 Å². The Bertz CT molecular complexity index is 714. The molecule has 0 spiro atoms. The lowest BCUT2D eigenvalue weighted by Gasteiger charge is -2.09. The molecular formula is C21H24O6. The SMILES string of the molecule is O=C(O)C(=O)CCOCCOCCc1cccc(OCc2ccccc2)c1. The van der Waals surface area contributed by atoms with Crippen LogP contribution in [0, 0.1) is 0 Å². The van der Waals surface area contributed by atoms with Crippen molar-refractivity contribution in [3.8, 4) is 5.75 Å². The zero-order chi connectivity index (χ0) is 19.3. The van der Waals surface area contributed by atoms with Gasteiger partial charge in [-0.15, -0.1) is 0 Å². The Morgan fingerprint density at radius 1 is 0.815 bits per heavy atom. The van der Waals surface area contributed by atoms with Gasteiger partial charge in [0.25, 0.3) is 0 Å². The van der Waals surface area contributed by atoms with Crippen LogP contribution in [0.4, 0.5) is 0 Å². The van der Waals surface area contributed by atoms with E-state index in [2.05, 4.69) is 0 Å². The van der Waals surface area contributed by atoms with Gasteiger partial charge >= 0.3 is 5.97 Å². The number of benzene rings is 2. The monoisotopic (exact) mass is 372 g/mol. The fourth-order valence-electron chi connectivity index (χ4n) is 2.32. The van der Waals surface area contributed by atoms with E-state index in [0.29, 0.717) is 26.4 Å². The van der Waals surface area contributed by atoms with E-state index in [-0.39, 0.29) is 13.0 Å². The van der Waals surface area contributed by atoms with E-state index in [1.54, 1.807) is 0 Å². The number of hydrogen-bond acceptors (Lipinski definition) is 5. The van der Waals surface area contributed by atoms with Crippen molar-refractivity contribution < 1.29 is 28.9 Å². The van der Waals surface area contributed by atoms with Crippen LogP contribution in [-0.4, -0.2) is 43.3 Å². The van der Waals surface area contributed by atoms with E-state index < -0.39 is 11.8 Å². The lowest BCUT2D eigenvalue weighted by molar-refractivity contribution is -0.149. The van der Waals surface area contributed by atoms with Gasteiger partial charge in [0.1, 0.15) is 12.4 Å². The molecule has 0 fully saturated rings. The molecular weight excluding hydrogens is 348 g/mol. The third kappa shape index (κ3) is 8.48. The Kier molecular flexibility index (Phi) is 9.03. The summed E-state index contributed by atoms with van der Waals surface area (Å²) in [5, 5.41) is 8.44. The smallest absolute Gasteiger partial charge is 0.372 e. The highest BCUT2D eigenvalue weighted by molar-refractivity contribution is 6.32. The number of carbonyl (C=O) groups is 2. The number of ether oxygens (including phenoxy) is 3. The normalized spacial score (nSPS) is 10.5. The van der Waals surface area contributed by atoms with Gasteiger partial charge in [-0.3, -0.25) is 4.79 Å². The summed E-state index contributed by atoms with van der Waals surface area (Å²) in [7, 11) is 0. The standard InChI is InChI=1S/C21H24O6/c22-20(21(23)24)10-12-26-14-13-25-11-9-17-7-4-8-19(15-17)27-16-18-5-2-1-3-6-18/h1-8,15H,9-14,16H2,(H,23,24). The van der Waals surface area contributed by atoms with Crippen LogP contribution in [0.1, 0.15) is 17.5 Å². The predicted molar refractivity (Wildman–Crippen MR) is 99.8 cm³/mol. The average molecular weight is 372 g/mol. The van der Waals surface area contributed by atoms with Gasteiger partial charge in [-0.2, -0.15) is 0 Å². The number of hydrogen-bond donors (Lipinski definition) is 1. The van der Waals surface area contributed by atoms with E-state index in [9.17, 15) is 9.59 Å². The average Bonchev–Trinajstić information content (AvgIpc) is 2.69. The molecule has 0 amide bonds. The van der Waals surface area contributed by atoms with E-state index in [1.807, 2.05) is 54.6 Å². The number of ketones is 1. The first-order chi connectivity index (χ1) is 13.1. The maximum atomic E-state index is 10.9. The third-order valence-electron chi connectivity index (χ3n) is 3.77. The number of carbonyl (C=O) groups excluding carboxylic acids is 1. The van der Waals surface area contributed by atoms with Gasteiger partial charge in [-0.25, -0.2) is 4.79 Å². The largest absolute Gasteiger partial charge is 0.489 e. The van der Waals surface area contributed by atoms with Gasteiger partial charge < -0.3 is 19.3 Å². The van der Waals surface area contributed by atoms with Crippen molar-refractivity contribution in [1.82, 2.24) is 0 Å². The summed E-state index contributed by atoms with van der Waals surface area (Å²) in [5.74, 6) is -1.45. The van der Waals surface area contributed by atoms with Crippen molar-refractivity contribution in [2.45, 2.75) is 19.4 Å². The van der Waals surface area contributed by atoms with Crippen LogP contribution in [0.15, 0.2) is 54.6 Å². The lowest BCUT2D eigenvalue weighted by Crippen LogP contribution is -2.16. The summed E-state index contributed by atoms with van der Waals surface area (Å²) in [6, 6.07) is 17.9. The van der Waals surface area contributed by atoms with Crippen LogP contribution in [0.3, 0.4) is 0 Å². The summed E-state index contributed by atoms with van der Waals surface area (Å²) in [6.45, 7) is 1.88. The zero-order valence-electron chi connectivity index (χ0n) is 15.1. The minimum Gasteiger partial charge on any atom is -0.489 e. The molecule has 0 radical (unpaired) electrons. The van der Waals surface area contributed by atoms with Gasteiger partial charge in [0.2, 0.25) is 5.78 Å². The van der Waals surface area contributed by atoms with E-state index in [1.165, 1.54) is 0 Å². The summed E-state index contributed by atoms with van der Waals surface area (Å²) in [5.41, 5.74) is 2.24. The van der Waals surface area contributed by atoms with Crippen molar-refractivity contribution in [2.24, 2.45) is 0 Å². The Labute approximate surface area is 158 Å². The molecule has 0 heterocycles. The highest BCUT2D eigenvalue weighted by atomic mass is 16.5. The number of carboxylic acid groups (broad SMARTS) is 1. The minimum atomic E-state index is -1.43. The number of Topliss-reactive ketones (excluding diaryl/α,β-unsaturated/α-hetero) is 1. The predicted octanol–water partition coefficient (Wildman–Crippen LogP) is 2.89. The second kappa shape index (κ2) is 11.8. The van der Waals surface area contributed by atoms with E-state index in [0.717, 1.165) is 23.3 Å². The fraction of sp³-hybridized carbons (Fsp3) is 0.333. The molecule has 0 atom stereocenters. The maximum Gasteiger partial charge on any atom is 0.372 e. The zero-order valence-corrected chi connectivity index (χ0v) is 15.1. The second-order valence-corrected chi connectivity index (χ2v) is 5.87. The molecule has 0 saturated carbocycles. The van der Waals surface area contributed by atoms with Crippen LogP contribution in [0.5, 0.6) is 5.75 Å². The molecule has 2 rings (SSSR count). The lowest BCUT2D eigenvalue weighted by atomic mass is 10.1. The quantitative estimate of drug-likeness (QED) is 0.430. The molecule has 0 aliphatic carbocycles. The Morgan fingerprint density at radius 3 is 2.26 bits per heavy atom. The van der Waals surface area contributed by atoms with Crippen molar-refractivity contribution in [3.05, 3.63) is 65.7 Å². The molecule has 27 heavy (non-hydrogen) atoms. The Balaban J connectivity index is 1.58. The summed E-state index contributed by atoms with van der Waals surface area (Å²) in [6.07, 6.45) is 0.630. The van der Waals surface area contributed by atoms with E-state index >= 15 is 0 Å². The first kappa shape index (κ1) is 20.6. The molecule has 1 N–H and O–H groups in total. The molecule has 0 aromatic heterocycles. The van der Waals surface area contributed by atoms with E-state index in [4.69, 9.17) is 19.3 Å². The molecule has 0 bridgehead atoms. The van der Waals surface area contributed by atoms with Crippen molar-refractivity contribution in [2.75, 3.05) is 26.4 Å². The number of aliphatic carboxylic acids is 1. The van der Waals surface area contributed by atoms with Crippen molar-refractivity contribution in [3.63, 3.8) is 0 Å². The van der Waals surface area contributed by atoms with Crippen molar-refractivity contribution in [1.29, 1.82) is 0 Å². The van der Waals surface area contributed by atoms with Crippen LogP contribution in [-0.2, 0) is 32.1 Å². The fourth-order valence-corrected chi connectivity index (χ4v) is 2.32. The molecule has 0 saturated heterocycles. The first-order valence-electron chi connectivity index (χ1n) is 8.82. The van der Waals surface area contributed by atoms with Gasteiger partial charge in [-0.05, 0) is 29.7 Å². The topological polar surface area (TPSA) is 82.1 Å². The van der Waals surface area contributed by atoms with Crippen LogP contribution in [0.2, 0.25) is 0 Å². The highest BCUT2D eigenvalue weighted by Gasteiger charge is 2.10.